The van der Waals surface area contributed by atoms with Gasteiger partial charge in [-0.05, 0) is 57.6 Å². The number of aryl methyl sites for hydroxylation is 1. The molecule has 0 bridgehead atoms. The molecular weight excluding hydrogens is 516 g/mol. The third-order valence-corrected chi connectivity index (χ3v) is 6.67. The number of benzene rings is 3. The molecule has 2 amide bonds. The first-order valence-electron chi connectivity index (χ1n) is 12.6. The molecule has 0 fully saturated rings. The molecule has 0 aromatic heterocycles. The average molecular weight is 552 g/mol. The molecule has 0 heterocycles. The van der Waals surface area contributed by atoms with Gasteiger partial charge in [0, 0.05) is 19.5 Å². The third-order valence-electron chi connectivity index (χ3n) is 6.05. The Morgan fingerprint density at radius 2 is 1.58 bits per heavy atom. The zero-order valence-corrected chi connectivity index (χ0v) is 22.7. The van der Waals surface area contributed by atoms with Crippen LogP contribution in [0.1, 0.15) is 43.4 Å². The van der Waals surface area contributed by atoms with Crippen LogP contribution in [0.5, 0.6) is 5.75 Å². The van der Waals surface area contributed by atoms with E-state index in [0.29, 0.717) is 25.3 Å². The molecule has 0 aliphatic rings. The normalized spacial score (nSPS) is 11.5. The van der Waals surface area contributed by atoms with Crippen molar-refractivity contribution in [2.24, 2.45) is 0 Å². The van der Waals surface area contributed by atoms with E-state index in [0.717, 1.165) is 34.9 Å². The Labute approximate surface area is 223 Å². The zero-order chi connectivity index (χ0) is 25.8. The maximum Gasteiger partial charge on any atom is 0.261 e. The van der Waals surface area contributed by atoms with Gasteiger partial charge in [-0.15, -0.1) is 0 Å². The Morgan fingerprint density at radius 1 is 0.917 bits per heavy atom. The van der Waals surface area contributed by atoms with Gasteiger partial charge in [-0.2, -0.15) is 0 Å². The predicted molar refractivity (Wildman–Crippen MR) is 148 cm³/mol. The highest BCUT2D eigenvalue weighted by Crippen LogP contribution is 2.26. The molecule has 3 aromatic carbocycles. The summed E-state index contributed by atoms with van der Waals surface area (Å²) in [6, 6.07) is 24.8. The molecular formula is C30H35BrN2O3. The number of hydrogen-bond donors (Lipinski definition) is 1. The number of carbonyl (C=O) groups excluding carboxylic acids is 2. The van der Waals surface area contributed by atoms with Gasteiger partial charge in [0.1, 0.15) is 11.8 Å². The summed E-state index contributed by atoms with van der Waals surface area (Å²) in [4.78, 5) is 28.7. The lowest BCUT2D eigenvalue weighted by Gasteiger charge is -2.31. The summed E-state index contributed by atoms with van der Waals surface area (Å²) in [6.45, 7) is 4.91. The van der Waals surface area contributed by atoms with Crippen LogP contribution in [0.25, 0.3) is 0 Å². The minimum absolute atomic E-state index is 0.148. The van der Waals surface area contributed by atoms with E-state index in [-0.39, 0.29) is 18.4 Å². The summed E-state index contributed by atoms with van der Waals surface area (Å²) in [7, 11) is 0. The number of carbonyl (C=O) groups is 2. The molecule has 0 radical (unpaired) electrons. The van der Waals surface area contributed by atoms with Gasteiger partial charge in [-0.3, -0.25) is 9.59 Å². The van der Waals surface area contributed by atoms with Crippen molar-refractivity contribution in [3.63, 3.8) is 0 Å². The minimum Gasteiger partial charge on any atom is -0.483 e. The summed E-state index contributed by atoms with van der Waals surface area (Å²) in [5, 5.41) is 3.04. The molecule has 5 nitrogen and oxygen atoms in total. The Bertz CT molecular complexity index is 1110. The molecule has 1 unspecified atom stereocenters. The van der Waals surface area contributed by atoms with Gasteiger partial charge in [-0.1, -0.05) is 87.0 Å². The van der Waals surface area contributed by atoms with E-state index in [4.69, 9.17) is 4.74 Å². The number of hydrogen-bond acceptors (Lipinski definition) is 3. The highest BCUT2D eigenvalue weighted by Gasteiger charge is 2.30. The highest BCUT2D eigenvalue weighted by atomic mass is 79.9. The van der Waals surface area contributed by atoms with E-state index in [9.17, 15) is 9.59 Å². The van der Waals surface area contributed by atoms with Crippen molar-refractivity contribution in [3.8, 4) is 5.75 Å². The van der Waals surface area contributed by atoms with Crippen molar-refractivity contribution in [2.45, 2.75) is 52.1 Å². The molecule has 0 aliphatic heterocycles. The first-order valence-corrected chi connectivity index (χ1v) is 13.4. The van der Waals surface area contributed by atoms with E-state index in [1.165, 1.54) is 5.56 Å². The van der Waals surface area contributed by atoms with Crippen LogP contribution in [0.2, 0.25) is 0 Å². The molecule has 3 aromatic rings. The molecule has 0 aliphatic carbocycles. The van der Waals surface area contributed by atoms with E-state index in [2.05, 4.69) is 35.1 Å². The molecule has 6 heteroatoms. The van der Waals surface area contributed by atoms with Crippen molar-refractivity contribution in [1.29, 1.82) is 0 Å². The van der Waals surface area contributed by atoms with Crippen LogP contribution in [0, 0.1) is 0 Å². The average Bonchev–Trinajstić information content (AvgIpc) is 2.91. The number of unbranched alkanes of at least 4 members (excludes halogenated alkanes) is 1. The SMILES string of the molecule is CCCCNC(=O)C(Cc1ccccc1)N(Cc1ccccc1)C(=O)COc1ccc(CC)cc1Br. The van der Waals surface area contributed by atoms with Gasteiger partial charge >= 0.3 is 0 Å². The van der Waals surface area contributed by atoms with Crippen molar-refractivity contribution in [2.75, 3.05) is 13.2 Å². The van der Waals surface area contributed by atoms with Crippen molar-refractivity contribution >= 4 is 27.7 Å². The first-order chi connectivity index (χ1) is 17.5. The lowest BCUT2D eigenvalue weighted by molar-refractivity contribution is -0.142. The quantitative estimate of drug-likeness (QED) is 0.267. The molecule has 0 spiro atoms. The standard InChI is InChI=1S/C30H35BrN2O3/c1-3-5-18-32-30(35)27(20-24-12-8-6-9-13-24)33(21-25-14-10-7-11-15-25)29(34)22-36-28-17-16-23(4-2)19-26(28)31/h6-17,19,27H,3-5,18,20-22H2,1-2H3,(H,32,35). The summed E-state index contributed by atoms with van der Waals surface area (Å²) >= 11 is 3.55. The largest absolute Gasteiger partial charge is 0.483 e. The van der Waals surface area contributed by atoms with Gasteiger partial charge < -0.3 is 15.0 Å². The second kappa shape index (κ2) is 14.4. The molecule has 0 saturated carbocycles. The zero-order valence-electron chi connectivity index (χ0n) is 21.1. The molecule has 1 atom stereocenters. The van der Waals surface area contributed by atoms with Crippen LogP contribution < -0.4 is 10.1 Å². The highest BCUT2D eigenvalue weighted by molar-refractivity contribution is 9.10. The number of halogens is 1. The maximum atomic E-state index is 13.6. The Morgan fingerprint density at radius 3 is 2.19 bits per heavy atom. The predicted octanol–water partition coefficient (Wildman–Crippen LogP) is 5.95. The van der Waals surface area contributed by atoms with E-state index >= 15 is 0 Å². The minimum atomic E-state index is -0.661. The Kier molecular flexibility index (Phi) is 11.0. The lowest BCUT2D eigenvalue weighted by atomic mass is 10.0. The van der Waals surface area contributed by atoms with Gasteiger partial charge in [0.25, 0.3) is 5.91 Å². The van der Waals surface area contributed by atoms with Crippen LogP contribution in [-0.4, -0.2) is 35.9 Å². The maximum absolute atomic E-state index is 13.6. The Balaban J connectivity index is 1.86. The van der Waals surface area contributed by atoms with Crippen LogP contribution in [0.4, 0.5) is 0 Å². The fourth-order valence-corrected chi connectivity index (χ4v) is 4.48. The summed E-state index contributed by atoms with van der Waals surface area (Å²) in [5.41, 5.74) is 3.13. The molecule has 3 rings (SSSR count). The molecule has 36 heavy (non-hydrogen) atoms. The lowest BCUT2D eigenvalue weighted by Crippen LogP contribution is -2.51. The van der Waals surface area contributed by atoms with Crippen molar-refractivity contribution in [3.05, 3.63) is 100 Å². The molecule has 190 valence electrons. The van der Waals surface area contributed by atoms with E-state index < -0.39 is 6.04 Å². The molecule has 0 saturated heterocycles. The summed E-state index contributed by atoms with van der Waals surface area (Å²) in [5.74, 6) is 0.217. The van der Waals surface area contributed by atoms with Crippen molar-refractivity contribution in [1.82, 2.24) is 10.2 Å². The fourth-order valence-electron chi connectivity index (χ4n) is 3.94. The van der Waals surface area contributed by atoms with E-state index in [1.807, 2.05) is 78.9 Å². The van der Waals surface area contributed by atoms with Gasteiger partial charge in [0.05, 0.1) is 4.47 Å². The fraction of sp³-hybridized carbons (Fsp3) is 0.333. The summed E-state index contributed by atoms with van der Waals surface area (Å²) < 4.78 is 6.73. The van der Waals surface area contributed by atoms with Gasteiger partial charge in [-0.25, -0.2) is 0 Å². The Hall–Kier alpha value is -3.12. The van der Waals surface area contributed by atoms with Gasteiger partial charge in [0.2, 0.25) is 5.91 Å². The van der Waals surface area contributed by atoms with Crippen LogP contribution in [0.3, 0.4) is 0 Å². The van der Waals surface area contributed by atoms with Crippen LogP contribution in [-0.2, 0) is 29.0 Å². The topological polar surface area (TPSA) is 58.6 Å². The number of nitrogens with one attached hydrogen (secondary N) is 1. The first kappa shape index (κ1) is 27.5. The van der Waals surface area contributed by atoms with Crippen molar-refractivity contribution < 1.29 is 14.3 Å². The second-order valence-electron chi connectivity index (χ2n) is 8.76. The second-order valence-corrected chi connectivity index (χ2v) is 9.62. The number of nitrogens with zero attached hydrogens (tertiary/aromatic N) is 1. The van der Waals surface area contributed by atoms with Crippen LogP contribution >= 0.6 is 15.9 Å². The number of rotatable bonds is 13. The van der Waals surface area contributed by atoms with E-state index in [1.54, 1.807) is 4.90 Å². The smallest absolute Gasteiger partial charge is 0.261 e. The number of ether oxygens (including phenoxy) is 1. The van der Waals surface area contributed by atoms with Crippen LogP contribution in [0.15, 0.2) is 83.3 Å². The van der Waals surface area contributed by atoms with Gasteiger partial charge in [0.15, 0.2) is 6.61 Å². The monoisotopic (exact) mass is 550 g/mol. The molecule has 1 N–H and O–H groups in total. The third kappa shape index (κ3) is 8.23. The number of amides is 2. The summed E-state index contributed by atoms with van der Waals surface area (Å²) in [6.07, 6.45) is 3.21.